The average Bonchev–Trinajstić information content (AvgIpc) is 2.15. The lowest BCUT2D eigenvalue weighted by molar-refractivity contribution is 0.0692. The second kappa shape index (κ2) is 4.07. The number of nitrogen functional groups attached to an aromatic ring is 1. The van der Waals surface area contributed by atoms with Crippen molar-refractivity contribution in [2.75, 3.05) is 12.8 Å². The quantitative estimate of drug-likeness (QED) is 0.798. The molecule has 7 heteroatoms. The first-order valence-corrected chi connectivity index (χ1v) is 3.83. The van der Waals surface area contributed by atoms with Crippen LogP contribution in [0.3, 0.4) is 0 Å². The second-order valence-electron chi connectivity index (χ2n) is 2.63. The number of nitrogens with zero attached hydrogens (tertiary/aromatic N) is 1. The van der Waals surface area contributed by atoms with Gasteiger partial charge in [0.05, 0.1) is 12.8 Å². The second-order valence-corrected chi connectivity index (χ2v) is 2.63. The first-order valence-electron chi connectivity index (χ1n) is 3.83. The number of pyridine rings is 1. The number of hydrogen-bond acceptors (Lipinski definition) is 4. The Balaban J connectivity index is 3.37. The van der Waals surface area contributed by atoms with Crippen LogP contribution in [0.1, 0.15) is 22.5 Å². The van der Waals surface area contributed by atoms with Crippen molar-refractivity contribution in [2.45, 2.75) is 6.43 Å². The lowest BCUT2D eigenvalue weighted by atomic mass is 10.2. The summed E-state index contributed by atoms with van der Waals surface area (Å²) in [4.78, 5) is 14.0. The van der Waals surface area contributed by atoms with Crippen molar-refractivity contribution in [2.24, 2.45) is 0 Å². The van der Waals surface area contributed by atoms with E-state index in [9.17, 15) is 13.6 Å². The fourth-order valence-electron chi connectivity index (χ4n) is 1.03. The van der Waals surface area contributed by atoms with E-state index in [-0.39, 0.29) is 5.69 Å². The summed E-state index contributed by atoms with van der Waals surface area (Å²) < 4.78 is 29.1. The molecule has 0 saturated carbocycles. The van der Waals surface area contributed by atoms with Crippen LogP contribution in [0.2, 0.25) is 0 Å². The van der Waals surface area contributed by atoms with Gasteiger partial charge < -0.3 is 15.6 Å². The summed E-state index contributed by atoms with van der Waals surface area (Å²) in [5, 5.41) is 8.72. The summed E-state index contributed by atoms with van der Waals surface area (Å²) in [5.41, 5.74) is 3.97. The normalized spacial score (nSPS) is 10.4. The molecule has 1 heterocycles. The Morgan fingerprint density at radius 1 is 1.67 bits per heavy atom. The summed E-state index contributed by atoms with van der Waals surface area (Å²) in [6.07, 6.45) is -2.83. The van der Waals surface area contributed by atoms with Crippen molar-refractivity contribution in [3.8, 4) is 5.88 Å². The molecule has 1 aromatic heterocycles. The number of nitrogens with two attached hydrogens (primary N) is 1. The molecule has 0 aromatic carbocycles. The fourth-order valence-corrected chi connectivity index (χ4v) is 1.03. The molecule has 0 aliphatic rings. The first-order chi connectivity index (χ1) is 6.97. The molecule has 0 saturated heterocycles. The van der Waals surface area contributed by atoms with Crippen LogP contribution in [0.15, 0.2) is 6.07 Å². The van der Waals surface area contributed by atoms with Crippen LogP contribution < -0.4 is 10.5 Å². The highest BCUT2D eigenvalue weighted by Crippen LogP contribution is 2.27. The molecule has 1 rings (SSSR count). The molecule has 0 aliphatic heterocycles. The minimum atomic E-state index is -2.83. The number of methoxy groups -OCH3 is 1. The molecule has 0 spiro atoms. The van der Waals surface area contributed by atoms with E-state index in [0.29, 0.717) is 0 Å². The molecule has 0 atom stereocenters. The van der Waals surface area contributed by atoms with E-state index < -0.39 is 29.5 Å². The van der Waals surface area contributed by atoms with E-state index in [4.69, 9.17) is 10.8 Å². The molecule has 15 heavy (non-hydrogen) atoms. The number of hydrogen-bond donors (Lipinski definition) is 2. The zero-order valence-corrected chi connectivity index (χ0v) is 7.70. The van der Waals surface area contributed by atoms with Gasteiger partial charge in [-0.1, -0.05) is 0 Å². The van der Waals surface area contributed by atoms with Crippen LogP contribution in [0.25, 0.3) is 0 Å². The molecule has 5 nitrogen and oxygen atoms in total. The number of carboxylic acids is 1. The Bertz CT molecular complexity index is 396. The van der Waals surface area contributed by atoms with Gasteiger partial charge in [0.15, 0.2) is 0 Å². The largest absolute Gasteiger partial charge is 0.480 e. The predicted octanol–water partition coefficient (Wildman–Crippen LogP) is 1.31. The summed E-state index contributed by atoms with van der Waals surface area (Å²) in [7, 11) is 1.13. The van der Waals surface area contributed by atoms with Crippen molar-refractivity contribution in [3.05, 3.63) is 17.3 Å². The standard InChI is InChI=1S/C8H8F2N2O3/c1-15-7-5(8(13)14)3(11)2-4(12-7)6(9)10/h2,6H,1H3,(H2,11,12)(H,13,14). The van der Waals surface area contributed by atoms with Crippen LogP contribution in [0.4, 0.5) is 14.5 Å². The van der Waals surface area contributed by atoms with Gasteiger partial charge in [0.1, 0.15) is 11.3 Å². The Kier molecular flexibility index (Phi) is 3.03. The number of carboxylic acid groups (broad SMARTS) is 1. The van der Waals surface area contributed by atoms with Gasteiger partial charge in [-0.15, -0.1) is 0 Å². The summed E-state index contributed by atoms with van der Waals surface area (Å²) in [5.74, 6) is -1.80. The van der Waals surface area contributed by atoms with Crippen LogP contribution >= 0.6 is 0 Å². The Morgan fingerprint density at radius 2 is 2.27 bits per heavy atom. The smallest absolute Gasteiger partial charge is 0.343 e. The topological polar surface area (TPSA) is 85.4 Å². The van der Waals surface area contributed by atoms with Gasteiger partial charge in [0.2, 0.25) is 5.88 Å². The van der Waals surface area contributed by atoms with Crippen LogP contribution in [-0.4, -0.2) is 23.2 Å². The highest BCUT2D eigenvalue weighted by Gasteiger charge is 2.21. The molecule has 0 radical (unpaired) electrons. The Labute approximate surface area is 83.5 Å². The number of aromatic nitrogens is 1. The van der Waals surface area contributed by atoms with Gasteiger partial charge in [0, 0.05) is 0 Å². The molecule has 0 bridgehead atoms. The Hall–Kier alpha value is -1.92. The van der Waals surface area contributed by atoms with Gasteiger partial charge in [0.25, 0.3) is 6.43 Å². The number of alkyl halides is 2. The lowest BCUT2D eigenvalue weighted by Gasteiger charge is -2.08. The van der Waals surface area contributed by atoms with E-state index in [1.165, 1.54) is 0 Å². The number of ether oxygens (including phenoxy) is 1. The minimum absolute atomic E-state index is 0.301. The van der Waals surface area contributed by atoms with Gasteiger partial charge in [-0.05, 0) is 6.07 Å². The first kappa shape index (κ1) is 11.2. The molecule has 0 amide bonds. The minimum Gasteiger partial charge on any atom is -0.480 e. The van der Waals surface area contributed by atoms with E-state index in [2.05, 4.69) is 9.72 Å². The highest BCUT2D eigenvalue weighted by atomic mass is 19.3. The molecule has 0 unspecified atom stereocenters. The van der Waals surface area contributed by atoms with Crippen molar-refractivity contribution in [1.29, 1.82) is 0 Å². The maximum absolute atomic E-state index is 12.3. The molecular weight excluding hydrogens is 210 g/mol. The third kappa shape index (κ3) is 2.12. The predicted molar refractivity (Wildman–Crippen MR) is 47.1 cm³/mol. The number of anilines is 1. The SMILES string of the molecule is COc1nc(C(F)F)cc(N)c1C(=O)O. The summed E-state index contributed by atoms with van der Waals surface area (Å²) in [6.45, 7) is 0. The van der Waals surface area contributed by atoms with Crippen LogP contribution in [0.5, 0.6) is 5.88 Å². The molecule has 0 fully saturated rings. The zero-order chi connectivity index (χ0) is 11.6. The molecule has 0 aliphatic carbocycles. The third-order valence-electron chi connectivity index (χ3n) is 1.67. The fraction of sp³-hybridized carbons (Fsp3) is 0.250. The Morgan fingerprint density at radius 3 is 2.67 bits per heavy atom. The van der Waals surface area contributed by atoms with E-state index in [0.717, 1.165) is 13.2 Å². The van der Waals surface area contributed by atoms with Crippen LogP contribution in [0, 0.1) is 0 Å². The third-order valence-corrected chi connectivity index (χ3v) is 1.67. The average molecular weight is 218 g/mol. The summed E-state index contributed by atoms with van der Waals surface area (Å²) in [6, 6.07) is 0.816. The van der Waals surface area contributed by atoms with Crippen molar-refractivity contribution in [3.63, 3.8) is 0 Å². The van der Waals surface area contributed by atoms with E-state index >= 15 is 0 Å². The van der Waals surface area contributed by atoms with Gasteiger partial charge in [-0.3, -0.25) is 0 Å². The van der Waals surface area contributed by atoms with E-state index in [1.807, 2.05) is 0 Å². The maximum Gasteiger partial charge on any atom is 0.343 e. The number of carbonyl (C=O) groups is 1. The van der Waals surface area contributed by atoms with Crippen molar-refractivity contribution < 1.29 is 23.4 Å². The van der Waals surface area contributed by atoms with Crippen molar-refractivity contribution >= 4 is 11.7 Å². The van der Waals surface area contributed by atoms with Gasteiger partial charge >= 0.3 is 5.97 Å². The summed E-state index contributed by atoms with van der Waals surface area (Å²) >= 11 is 0. The molecular formula is C8H8F2N2O3. The molecule has 1 aromatic rings. The molecule has 82 valence electrons. The number of aromatic carboxylic acids is 1. The van der Waals surface area contributed by atoms with Crippen LogP contribution in [-0.2, 0) is 0 Å². The van der Waals surface area contributed by atoms with Crippen molar-refractivity contribution in [1.82, 2.24) is 4.98 Å². The number of halogens is 2. The maximum atomic E-state index is 12.3. The molecule has 3 N–H and O–H groups in total. The van der Waals surface area contributed by atoms with Gasteiger partial charge in [-0.2, -0.15) is 0 Å². The lowest BCUT2D eigenvalue weighted by Crippen LogP contribution is -2.09. The zero-order valence-electron chi connectivity index (χ0n) is 7.70. The highest BCUT2D eigenvalue weighted by molar-refractivity contribution is 5.96. The van der Waals surface area contributed by atoms with Gasteiger partial charge in [-0.25, -0.2) is 18.6 Å². The monoisotopic (exact) mass is 218 g/mol. The van der Waals surface area contributed by atoms with E-state index in [1.54, 1.807) is 0 Å². The number of rotatable bonds is 3.